The molecular weight excluding hydrogens is 326 g/mol. The molecule has 6 nitrogen and oxygen atoms in total. The van der Waals surface area contributed by atoms with E-state index in [0.717, 1.165) is 56.1 Å². The molecule has 0 saturated carbocycles. The summed E-state index contributed by atoms with van der Waals surface area (Å²) in [4.78, 5) is 19.3. The van der Waals surface area contributed by atoms with Crippen LogP contribution in [-0.2, 0) is 24.4 Å². The predicted molar refractivity (Wildman–Crippen MR) is 102 cm³/mol. The van der Waals surface area contributed by atoms with Gasteiger partial charge in [0.05, 0.1) is 6.54 Å². The van der Waals surface area contributed by atoms with E-state index in [0.29, 0.717) is 13.0 Å². The number of nitrogens with zero attached hydrogens (tertiary/aromatic N) is 3. The number of rotatable bonds is 3. The second kappa shape index (κ2) is 7.11. The minimum atomic E-state index is -0.155. The number of carbonyl (C=O) groups excluding carboxylic acids is 1. The minimum Gasteiger partial charge on any atom is -0.379 e. The summed E-state index contributed by atoms with van der Waals surface area (Å²) in [5, 5.41) is 6.81. The molecule has 0 aliphatic carbocycles. The lowest BCUT2D eigenvalue weighted by atomic mass is 9.82. The number of amides is 1. The van der Waals surface area contributed by atoms with Gasteiger partial charge < -0.3 is 15.2 Å². The highest BCUT2D eigenvalue weighted by Crippen LogP contribution is 2.33. The number of aromatic nitrogens is 2. The Labute approximate surface area is 154 Å². The zero-order chi connectivity index (χ0) is 18.0. The second-order valence-electron chi connectivity index (χ2n) is 7.42. The number of likely N-dealkylation sites (tertiary alicyclic amines) is 1. The van der Waals surface area contributed by atoms with Crippen molar-refractivity contribution in [2.24, 2.45) is 0 Å². The van der Waals surface area contributed by atoms with E-state index in [1.807, 2.05) is 18.5 Å². The fraction of sp³-hybridized carbons (Fsp3) is 0.500. The van der Waals surface area contributed by atoms with Gasteiger partial charge in [-0.2, -0.15) is 0 Å². The first kappa shape index (κ1) is 17.1. The third-order valence-corrected chi connectivity index (χ3v) is 5.71. The number of hydrogen-bond donors (Lipinski definition) is 2. The maximum Gasteiger partial charge on any atom is 0.222 e. The lowest BCUT2D eigenvalue weighted by Gasteiger charge is -2.44. The Hall–Kier alpha value is -2.34. The Bertz CT molecular complexity index is 776. The molecule has 1 fully saturated rings. The predicted octanol–water partition coefficient (Wildman–Crippen LogP) is 2.37. The highest BCUT2D eigenvalue weighted by atomic mass is 16.1. The van der Waals surface area contributed by atoms with Crippen molar-refractivity contribution in [3.05, 3.63) is 48.0 Å². The summed E-state index contributed by atoms with van der Waals surface area (Å²) in [7, 11) is 0. The van der Waals surface area contributed by atoms with Crippen molar-refractivity contribution in [2.75, 3.05) is 18.4 Å². The number of imidazole rings is 1. The van der Waals surface area contributed by atoms with Crippen LogP contribution in [0.25, 0.3) is 0 Å². The largest absolute Gasteiger partial charge is 0.379 e. The standard InChI is InChI=1S/C20H27N5O/c1-2-25-12-9-21-18(25)15-24-10-7-20(8-11-24)13-19(26)22-14-16-5-3-4-6-17(16)23-20/h3-6,9,12,23H,2,7-8,10-11,13-15H2,1H3,(H,22,26). The number of aryl methyl sites for hydroxylation is 1. The Balaban J connectivity index is 1.47. The Morgan fingerprint density at radius 1 is 1.23 bits per heavy atom. The van der Waals surface area contributed by atoms with Crippen LogP contribution in [0.5, 0.6) is 0 Å². The summed E-state index contributed by atoms with van der Waals surface area (Å²) in [6.45, 7) is 6.51. The number of para-hydroxylation sites is 1. The fourth-order valence-electron chi connectivity index (χ4n) is 4.11. The smallest absolute Gasteiger partial charge is 0.222 e. The monoisotopic (exact) mass is 353 g/mol. The molecule has 0 radical (unpaired) electrons. The summed E-state index contributed by atoms with van der Waals surface area (Å²) >= 11 is 0. The zero-order valence-corrected chi connectivity index (χ0v) is 15.4. The first-order chi connectivity index (χ1) is 12.7. The quantitative estimate of drug-likeness (QED) is 0.889. The van der Waals surface area contributed by atoms with Gasteiger partial charge in [0.2, 0.25) is 5.91 Å². The number of piperidine rings is 1. The van der Waals surface area contributed by atoms with E-state index in [1.165, 1.54) is 0 Å². The molecule has 2 aliphatic heterocycles. The van der Waals surface area contributed by atoms with Crippen molar-refractivity contribution in [2.45, 2.75) is 51.4 Å². The summed E-state index contributed by atoms with van der Waals surface area (Å²) in [5.41, 5.74) is 2.16. The van der Waals surface area contributed by atoms with Crippen molar-refractivity contribution in [1.29, 1.82) is 0 Å². The lowest BCUT2D eigenvalue weighted by Crippen LogP contribution is -2.52. The molecular formula is C20H27N5O. The molecule has 2 aliphatic rings. The van der Waals surface area contributed by atoms with Gasteiger partial charge in [0.1, 0.15) is 5.82 Å². The molecule has 1 saturated heterocycles. The zero-order valence-electron chi connectivity index (χ0n) is 15.4. The van der Waals surface area contributed by atoms with Crippen LogP contribution in [0.3, 0.4) is 0 Å². The topological polar surface area (TPSA) is 62.2 Å². The summed E-state index contributed by atoms with van der Waals surface area (Å²) in [5.74, 6) is 1.26. The van der Waals surface area contributed by atoms with Gasteiger partial charge in [0.15, 0.2) is 0 Å². The highest BCUT2D eigenvalue weighted by molar-refractivity contribution is 5.79. The van der Waals surface area contributed by atoms with Gasteiger partial charge in [0, 0.05) is 56.2 Å². The van der Waals surface area contributed by atoms with Gasteiger partial charge in [-0.15, -0.1) is 0 Å². The average Bonchev–Trinajstić information content (AvgIpc) is 3.09. The van der Waals surface area contributed by atoms with Gasteiger partial charge in [-0.05, 0) is 31.4 Å². The number of benzene rings is 1. The Morgan fingerprint density at radius 2 is 2.04 bits per heavy atom. The molecule has 0 bridgehead atoms. The van der Waals surface area contributed by atoms with Gasteiger partial charge in [0.25, 0.3) is 0 Å². The molecule has 26 heavy (non-hydrogen) atoms. The first-order valence-corrected chi connectivity index (χ1v) is 9.53. The summed E-state index contributed by atoms with van der Waals surface area (Å²) in [6, 6.07) is 8.29. The molecule has 2 aromatic rings. The Kier molecular flexibility index (Phi) is 4.68. The number of fused-ring (bicyclic) bond motifs is 1. The maximum absolute atomic E-state index is 12.4. The lowest BCUT2D eigenvalue weighted by molar-refractivity contribution is -0.122. The molecule has 1 spiro atoms. The molecule has 0 atom stereocenters. The Morgan fingerprint density at radius 3 is 2.85 bits per heavy atom. The van der Waals surface area contributed by atoms with Crippen LogP contribution in [0.4, 0.5) is 5.69 Å². The molecule has 1 aromatic heterocycles. The molecule has 4 rings (SSSR count). The van der Waals surface area contributed by atoms with Crippen LogP contribution in [0.15, 0.2) is 36.7 Å². The van der Waals surface area contributed by atoms with Crippen LogP contribution in [0.1, 0.15) is 37.6 Å². The summed E-state index contributed by atoms with van der Waals surface area (Å²) in [6.07, 6.45) is 6.38. The fourth-order valence-corrected chi connectivity index (χ4v) is 4.11. The van der Waals surface area contributed by atoms with Crippen LogP contribution in [0.2, 0.25) is 0 Å². The molecule has 3 heterocycles. The van der Waals surface area contributed by atoms with Crippen molar-refractivity contribution in [3.8, 4) is 0 Å². The maximum atomic E-state index is 12.4. The van der Waals surface area contributed by atoms with Crippen molar-refractivity contribution < 1.29 is 4.79 Å². The molecule has 1 amide bonds. The second-order valence-corrected chi connectivity index (χ2v) is 7.42. The SMILES string of the molecule is CCn1ccnc1CN1CCC2(CC1)CC(=O)NCc1ccccc1N2. The molecule has 0 unspecified atom stereocenters. The van der Waals surface area contributed by atoms with E-state index >= 15 is 0 Å². The number of anilines is 1. The van der Waals surface area contributed by atoms with E-state index in [-0.39, 0.29) is 11.4 Å². The minimum absolute atomic E-state index is 0.141. The average molecular weight is 353 g/mol. The van der Waals surface area contributed by atoms with Crippen molar-refractivity contribution in [3.63, 3.8) is 0 Å². The highest BCUT2D eigenvalue weighted by Gasteiger charge is 2.38. The first-order valence-electron chi connectivity index (χ1n) is 9.53. The van der Waals surface area contributed by atoms with Gasteiger partial charge in [-0.1, -0.05) is 18.2 Å². The number of carbonyl (C=O) groups is 1. The van der Waals surface area contributed by atoms with Crippen molar-refractivity contribution >= 4 is 11.6 Å². The van der Waals surface area contributed by atoms with Crippen LogP contribution in [0, 0.1) is 0 Å². The molecule has 1 aromatic carbocycles. The van der Waals surface area contributed by atoms with E-state index in [9.17, 15) is 4.79 Å². The van der Waals surface area contributed by atoms with Crippen molar-refractivity contribution in [1.82, 2.24) is 19.8 Å². The van der Waals surface area contributed by atoms with Crippen LogP contribution in [-0.4, -0.2) is 39.0 Å². The van der Waals surface area contributed by atoms with E-state index < -0.39 is 0 Å². The van der Waals surface area contributed by atoms with E-state index in [2.05, 4.69) is 50.2 Å². The molecule has 138 valence electrons. The van der Waals surface area contributed by atoms with E-state index in [1.54, 1.807) is 0 Å². The number of hydrogen-bond acceptors (Lipinski definition) is 4. The van der Waals surface area contributed by atoms with Crippen LogP contribution >= 0.6 is 0 Å². The molecule has 6 heteroatoms. The van der Waals surface area contributed by atoms with E-state index in [4.69, 9.17) is 0 Å². The summed E-state index contributed by atoms with van der Waals surface area (Å²) < 4.78 is 2.20. The van der Waals surface area contributed by atoms with Gasteiger partial charge >= 0.3 is 0 Å². The normalized spacial score (nSPS) is 20.0. The molecule has 2 N–H and O–H groups in total. The third kappa shape index (κ3) is 3.46. The van der Waals surface area contributed by atoms with Gasteiger partial charge in [-0.25, -0.2) is 4.98 Å². The third-order valence-electron chi connectivity index (χ3n) is 5.71. The number of nitrogens with one attached hydrogen (secondary N) is 2. The van der Waals surface area contributed by atoms with Gasteiger partial charge in [-0.3, -0.25) is 9.69 Å². The van der Waals surface area contributed by atoms with Crippen LogP contribution < -0.4 is 10.6 Å².